The first-order valence-corrected chi connectivity index (χ1v) is 9.58. The number of carbonyl (C=O) groups is 1. The van der Waals surface area contributed by atoms with Gasteiger partial charge in [-0.25, -0.2) is 13.8 Å². The number of anilines is 2. The molecule has 2 aromatic heterocycles. The molecule has 3 heterocycles. The molecule has 1 aliphatic rings. The van der Waals surface area contributed by atoms with Gasteiger partial charge in [-0.15, -0.1) is 0 Å². The summed E-state index contributed by atoms with van der Waals surface area (Å²) in [5.41, 5.74) is 1.51. The molecule has 0 unspecified atom stereocenters. The van der Waals surface area contributed by atoms with E-state index in [1.807, 2.05) is 20.8 Å². The van der Waals surface area contributed by atoms with Gasteiger partial charge in [-0.05, 0) is 45.7 Å². The molecule has 1 amide bonds. The third-order valence-corrected chi connectivity index (χ3v) is 5.40. The zero-order chi connectivity index (χ0) is 20.7. The molecule has 4 rings (SSSR count). The Labute approximate surface area is 166 Å². The van der Waals surface area contributed by atoms with Gasteiger partial charge in [0.05, 0.1) is 17.0 Å². The maximum absolute atomic E-state index is 13.9. The fraction of sp³-hybridized carbons (Fsp3) is 0.381. The Bertz CT molecular complexity index is 1100. The van der Waals surface area contributed by atoms with Crippen molar-refractivity contribution >= 4 is 28.5 Å². The lowest BCUT2D eigenvalue weighted by Crippen LogP contribution is -2.41. The average molecular weight is 400 g/mol. The minimum Gasteiger partial charge on any atom is -0.443 e. The van der Waals surface area contributed by atoms with E-state index < -0.39 is 11.6 Å². The van der Waals surface area contributed by atoms with E-state index in [9.17, 15) is 13.6 Å². The summed E-state index contributed by atoms with van der Waals surface area (Å²) < 4.78 is 32.7. The molecule has 3 aromatic rings. The molecule has 1 fully saturated rings. The van der Waals surface area contributed by atoms with Crippen LogP contribution in [-0.4, -0.2) is 29.0 Å². The van der Waals surface area contributed by atoms with Crippen molar-refractivity contribution < 1.29 is 18.0 Å². The maximum Gasteiger partial charge on any atom is 0.231 e. The third kappa shape index (κ3) is 3.66. The smallest absolute Gasteiger partial charge is 0.231 e. The van der Waals surface area contributed by atoms with Gasteiger partial charge in [0.15, 0.2) is 0 Å². The second-order valence-corrected chi connectivity index (χ2v) is 7.46. The highest BCUT2D eigenvalue weighted by atomic mass is 19.1. The molecule has 8 heteroatoms. The van der Waals surface area contributed by atoms with E-state index in [0.717, 1.165) is 47.6 Å². The van der Waals surface area contributed by atoms with Gasteiger partial charge in [0.2, 0.25) is 11.6 Å². The van der Waals surface area contributed by atoms with Crippen LogP contribution >= 0.6 is 0 Å². The number of halogens is 2. The van der Waals surface area contributed by atoms with E-state index in [1.165, 1.54) is 6.07 Å². The Morgan fingerprint density at radius 2 is 2.03 bits per heavy atom. The number of hydrogen-bond acceptors (Lipinski definition) is 5. The number of furan rings is 1. The number of hydrogen-bond donors (Lipinski definition) is 1. The quantitative estimate of drug-likeness (QED) is 0.711. The molecule has 152 valence electrons. The normalized spacial score (nSPS) is 17.0. The first kappa shape index (κ1) is 19.3. The molecule has 0 aliphatic carbocycles. The number of nitrogens with one attached hydrogen (secondary N) is 1. The first-order chi connectivity index (χ1) is 13.8. The number of piperidine rings is 1. The highest BCUT2D eigenvalue weighted by Crippen LogP contribution is 2.33. The molecule has 1 atom stereocenters. The minimum absolute atomic E-state index is 0.0184. The Kier molecular flexibility index (Phi) is 4.94. The van der Waals surface area contributed by atoms with Gasteiger partial charge in [-0.3, -0.25) is 4.79 Å². The molecule has 1 N–H and O–H groups in total. The van der Waals surface area contributed by atoms with Crippen molar-refractivity contribution in [2.45, 2.75) is 33.6 Å². The zero-order valence-corrected chi connectivity index (χ0v) is 16.6. The van der Waals surface area contributed by atoms with Crippen LogP contribution < -0.4 is 10.2 Å². The van der Waals surface area contributed by atoms with Crippen molar-refractivity contribution in [3.63, 3.8) is 0 Å². The number of aryl methyl sites for hydroxylation is 3. The van der Waals surface area contributed by atoms with Gasteiger partial charge in [0.25, 0.3) is 0 Å². The second kappa shape index (κ2) is 7.42. The molecule has 0 bridgehead atoms. The van der Waals surface area contributed by atoms with Crippen molar-refractivity contribution in [2.24, 2.45) is 5.92 Å². The van der Waals surface area contributed by atoms with Crippen LogP contribution in [0.3, 0.4) is 0 Å². The second-order valence-electron chi connectivity index (χ2n) is 7.46. The molecular weight excluding hydrogens is 378 g/mol. The van der Waals surface area contributed by atoms with Gasteiger partial charge >= 0.3 is 0 Å². The van der Waals surface area contributed by atoms with Gasteiger partial charge in [0, 0.05) is 24.7 Å². The topological polar surface area (TPSA) is 71.3 Å². The summed E-state index contributed by atoms with van der Waals surface area (Å²) in [5.74, 6) is 0.0452. The summed E-state index contributed by atoms with van der Waals surface area (Å²) in [6.07, 6.45) is 1.48. The summed E-state index contributed by atoms with van der Waals surface area (Å²) in [7, 11) is 0. The monoisotopic (exact) mass is 400 g/mol. The average Bonchev–Trinajstić information content (AvgIpc) is 2.97. The van der Waals surface area contributed by atoms with E-state index in [0.29, 0.717) is 24.5 Å². The third-order valence-electron chi connectivity index (χ3n) is 5.40. The van der Waals surface area contributed by atoms with Crippen molar-refractivity contribution in [3.05, 3.63) is 47.0 Å². The molecule has 6 nitrogen and oxygen atoms in total. The van der Waals surface area contributed by atoms with Crippen molar-refractivity contribution in [2.75, 3.05) is 23.3 Å². The lowest BCUT2D eigenvalue weighted by atomic mass is 9.96. The molecule has 0 radical (unpaired) electrons. The van der Waals surface area contributed by atoms with Crippen molar-refractivity contribution in [1.29, 1.82) is 0 Å². The Morgan fingerprint density at radius 1 is 1.24 bits per heavy atom. The number of fused-ring (bicyclic) bond motifs is 1. The minimum atomic E-state index is -0.788. The molecule has 29 heavy (non-hydrogen) atoms. The molecular formula is C21H22F2N4O2. The zero-order valence-electron chi connectivity index (χ0n) is 16.6. The van der Waals surface area contributed by atoms with E-state index in [-0.39, 0.29) is 17.5 Å². The Morgan fingerprint density at radius 3 is 2.79 bits per heavy atom. The number of rotatable bonds is 3. The van der Waals surface area contributed by atoms with Crippen LogP contribution in [-0.2, 0) is 4.79 Å². The number of benzene rings is 1. The Balaban J connectivity index is 1.59. The van der Waals surface area contributed by atoms with Crippen LogP contribution in [0.4, 0.5) is 20.3 Å². The first-order valence-electron chi connectivity index (χ1n) is 9.58. The SMILES string of the molecule is Cc1nc(N2CCC[C@H](C(=O)Nc3ccc(F)cc3F)C2)c2c(C)c(C)oc2n1. The predicted octanol–water partition coefficient (Wildman–Crippen LogP) is 4.28. The lowest BCUT2D eigenvalue weighted by Gasteiger charge is -2.33. The number of carbonyl (C=O) groups excluding carboxylic acids is 1. The van der Waals surface area contributed by atoms with E-state index in [2.05, 4.69) is 20.2 Å². The van der Waals surface area contributed by atoms with Crippen LogP contribution in [0.1, 0.15) is 30.0 Å². The fourth-order valence-corrected chi connectivity index (χ4v) is 3.77. The largest absolute Gasteiger partial charge is 0.443 e. The van der Waals surface area contributed by atoms with Crippen LogP contribution in [0.5, 0.6) is 0 Å². The molecule has 1 aromatic carbocycles. The van der Waals surface area contributed by atoms with Crippen molar-refractivity contribution in [3.8, 4) is 0 Å². The van der Waals surface area contributed by atoms with Gasteiger partial charge in [0.1, 0.15) is 29.0 Å². The summed E-state index contributed by atoms with van der Waals surface area (Å²) in [6.45, 7) is 6.87. The summed E-state index contributed by atoms with van der Waals surface area (Å²) in [5, 5.41) is 3.44. The van der Waals surface area contributed by atoms with Gasteiger partial charge in [-0.2, -0.15) is 4.98 Å². The molecule has 1 aliphatic heterocycles. The van der Waals surface area contributed by atoms with E-state index in [1.54, 1.807) is 0 Å². The van der Waals surface area contributed by atoms with Crippen LogP contribution in [0.2, 0.25) is 0 Å². The fourth-order valence-electron chi connectivity index (χ4n) is 3.77. The highest BCUT2D eigenvalue weighted by Gasteiger charge is 2.29. The lowest BCUT2D eigenvalue weighted by molar-refractivity contribution is -0.120. The van der Waals surface area contributed by atoms with E-state index in [4.69, 9.17) is 4.42 Å². The Hall–Kier alpha value is -3.03. The van der Waals surface area contributed by atoms with Gasteiger partial charge < -0.3 is 14.6 Å². The number of aromatic nitrogens is 2. The van der Waals surface area contributed by atoms with Gasteiger partial charge in [-0.1, -0.05) is 0 Å². The summed E-state index contributed by atoms with van der Waals surface area (Å²) in [4.78, 5) is 23.8. The standard InChI is InChI=1S/C21H22F2N4O2/c1-11-12(2)29-21-18(11)19(24-13(3)25-21)27-8-4-5-14(10-27)20(28)26-17-7-6-15(22)9-16(17)23/h6-7,9,14H,4-5,8,10H2,1-3H3,(H,26,28)/t14-/m0/s1. The highest BCUT2D eigenvalue weighted by molar-refractivity contribution is 5.94. The van der Waals surface area contributed by atoms with E-state index >= 15 is 0 Å². The van der Waals surface area contributed by atoms with Crippen LogP contribution in [0.15, 0.2) is 22.6 Å². The maximum atomic E-state index is 13.9. The summed E-state index contributed by atoms with van der Waals surface area (Å²) in [6, 6.07) is 3.11. The molecule has 0 saturated carbocycles. The van der Waals surface area contributed by atoms with Crippen LogP contribution in [0, 0.1) is 38.3 Å². The predicted molar refractivity (Wildman–Crippen MR) is 106 cm³/mol. The van der Waals surface area contributed by atoms with Crippen LogP contribution in [0.25, 0.3) is 11.1 Å². The van der Waals surface area contributed by atoms with Crippen molar-refractivity contribution in [1.82, 2.24) is 9.97 Å². The molecule has 0 spiro atoms. The number of amides is 1. The molecule has 1 saturated heterocycles. The number of nitrogens with zero attached hydrogens (tertiary/aromatic N) is 3. The summed E-state index contributed by atoms with van der Waals surface area (Å²) >= 11 is 0.